The molecule has 0 spiro atoms. The van der Waals surface area contributed by atoms with E-state index in [4.69, 9.17) is 21.9 Å². The highest BCUT2D eigenvalue weighted by Gasteiger charge is 2.16. The first-order chi connectivity index (χ1) is 9.67. The largest absolute Gasteiger partial charge is 0.409 e. The van der Waals surface area contributed by atoms with E-state index in [0.717, 1.165) is 5.56 Å². The van der Waals surface area contributed by atoms with Crippen LogP contribution in [0.4, 0.5) is 0 Å². The summed E-state index contributed by atoms with van der Waals surface area (Å²) in [5.41, 5.74) is 12.4. The van der Waals surface area contributed by atoms with Gasteiger partial charge in [0, 0.05) is 5.56 Å². The first kappa shape index (κ1) is 13.3. The molecule has 0 radical (unpaired) electrons. The number of rotatable bonds is 3. The molecule has 1 aromatic heterocycles. The fourth-order valence-electron chi connectivity index (χ4n) is 1.60. The van der Waals surface area contributed by atoms with Crippen molar-refractivity contribution >= 4 is 11.7 Å². The quantitative estimate of drug-likeness (QED) is 0.274. The highest BCUT2D eigenvalue weighted by atomic mass is 16.4. The van der Waals surface area contributed by atoms with E-state index in [1.54, 1.807) is 0 Å². The van der Waals surface area contributed by atoms with E-state index >= 15 is 0 Å². The third kappa shape index (κ3) is 2.48. The van der Waals surface area contributed by atoms with Crippen molar-refractivity contribution in [1.82, 2.24) is 9.97 Å². The Bertz CT molecular complexity index is 669. The second kappa shape index (κ2) is 5.65. The van der Waals surface area contributed by atoms with Gasteiger partial charge in [-0.05, 0) is 0 Å². The van der Waals surface area contributed by atoms with Crippen LogP contribution < -0.4 is 11.5 Å². The molecule has 8 nitrogen and oxygen atoms in total. The molecule has 0 saturated carbocycles. The molecule has 0 aliphatic carbocycles. The number of hydrogen-bond acceptors (Lipinski definition) is 6. The molecule has 0 fully saturated rings. The topological polar surface area (TPSA) is 143 Å². The lowest BCUT2D eigenvalue weighted by molar-refractivity contribution is 0.317. The first-order valence-corrected chi connectivity index (χ1v) is 5.55. The molecule has 2 aromatic rings. The van der Waals surface area contributed by atoms with Crippen molar-refractivity contribution in [3.05, 3.63) is 47.9 Å². The van der Waals surface area contributed by atoms with Gasteiger partial charge in [-0.2, -0.15) is 0 Å². The van der Waals surface area contributed by atoms with E-state index in [2.05, 4.69) is 20.3 Å². The molecule has 8 heteroatoms. The number of aromatic nitrogens is 2. The molecular formula is C12H12N6O2. The molecule has 20 heavy (non-hydrogen) atoms. The van der Waals surface area contributed by atoms with Crippen LogP contribution >= 0.6 is 0 Å². The van der Waals surface area contributed by atoms with Gasteiger partial charge in [0.15, 0.2) is 11.7 Å². The molecule has 0 saturated heterocycles. The van der Waals surface area contributed by atoms with Crippen LogP contribution in [-0.2, 0) is 0 Å². The molecule has 2 rings (SSSR count). The number of benzene rings is 1. The Labute approximate surface area is 114 Å². The summed E-state index contributed by atoms with van der Waals surface area (Å²) in [6, 6.07) is 9.23. The van der Waals surface area contributed by atoms with Crippen LogP contribution in [0.1, 0.15) is 11.4 Å². The number of nitrogens with two attached hydrogens (primary N) is 2. The monoisotopic (exact) mass is 272 g/mol. The predicted molar refractivity (Wildman–Crippen MR) is 72.5 cm³/mol. The summed E-state index contributed by atoms with van der Waals surface area (Å²) in [5.74, 6) is -0.560. The SMILES string of the molecule is N/C(=N\O)c1ncc(-c2ccccc2)nc1/C(N)=N/O. The van der Waals surface area contributed by atoms with E-state index in [1.165, 1.54) is 6.20 Å². The summed E-state index contributed by atoms with van der Waals surface area (Å²) >= 11 is 0. The summed E-state index contributed by atoms with van der Waals surface area (Å²) in [6.45, 7) is 0. The summed E-state index contributed by atoms with van der Waals surface area (Å²) in [6.07, 6.45) is 1.46. The Kier molecular flexibility index (Phi) is 3.75. The molecule has 0 aliphatic rings. The third-order valence-electron chi connectivity index (χ3n) is 2.54. The van der Waals surface area contributed by atoms with Gasteiger partial charge in [0.2, 0.25) is 0 Å². The van der Waals surface area contributed by atoms with Gasteiger partial charge >= 0.3 is 0 Å². The van der Waals surface area contributed by atoms with Crippen LogP contribution in [0.5, 0.6) is 0 Å². The number of oxime groups is 2. The summed E-state index contributed by atoms with van der Waals surface area (Å²) in [5, 5.41) is 23.2. The van der Waals surface area contributed by atoms with Gasteiger partial charge in [-0.25, -0.2) is 9.97 Å². The van der Waals surface area contributed by atoms with Crippen molar-refractivity contribution < 1.29 is 10.4 Å². The van der Waals surface area contributed by atoms with E-state index in [1.807, 2.05) is 30.3 Å². The second-order valence-electron chi connectivity index (χ2n) is 3.79. The predicted octanol–water partition coefficient (Wildman–Crippen LogP) is 0.333. The zero-order valence-corrected chi connectivity index (χ0v) is 10.3. The lowest BCUT2D eigenvalue weighted by atomic mass is 10.1. The maximum atomic E-state index is 8.78. The van der Waals surface area contributed by atoms with Crippen molar-refractivity contribution in [2.75, 3.05) is 0 Å². The molecule has 1 aromatic carbocycles. The average molecular weight is 272 g/mol. The maximum absolute atomic E-state index is 8.78. The second-order valence-corrected chi connectivity index (χ2v) is 3.79. The maximum Gasteiger partial charge on any atom is 0.191 e. The highest BCUT2D eigenvalue weighted by molar-refractivity contribution is 6.07. The van der Waals surface area contributed by atoms with Gasteiger partial charge in [0.25, 0.3) is 0 Å². The van der Waals surface area contributed by atoms with Crippen molar-refractivity contribution in [3.8, 4) is 11.3 Å². The van der Waals surface area contributed by atoms with Crippen molar-refractivity contribution in [2.45, 2.75) is 0 Å². The van der Waals surface area contributed by atoms with Gasteiger partial charge in [-0.3, -0.25) is 0 Å². The molecule has 0 aliphatic heterocycles. The van der Waals surface area contributed by atoms with Gasteiger partial charge in [0.05, 0.1) is 11.9 Å². The van der Waals surface area contributed by atoms with Crippen molar-refractivity contribution in [2.24, 2.45) is 21.8 Å². The minimum absolute atomic E-state index is 0.0301. The van der Waals surface area contributed by atoms with Crippen molar-refractivity contribution in [3.63, 3.8) is 0 Å². The Morgan fingerprint density at radius 1 is 0.950 bits per heavy atom. The van der Waals surface area contributed by atoms with Crippen LogP contribution in [0, 0.1) is 0 Å². The summed E-state index contributed by atoms with van der Waals surface area (Å²) < 4.78 is 0. The summed E-state index contributed by atoms with van der Waals surface area (Å²) in [4.78, 5) is 8.28. The Morgan fingerprint density at radius 2 is 1.55 bits per heavy atom. The molecule has 0 atom stereocenters. The lowest BCUT2D eigenvalue weighted by Gasteiger charge is -2.07. The van der Waals surface area contributed by atoms with Crippen LogP contribution in [0.25, 0.3) is 11.3 Å². The molecule has 0 unspecified atom stereocenters. The fourth-order valence-corrected chi connectivity index (χ4v) is 1.60. The van der Waals surface area contributed by atoms with E-state index < -0.39 is 0 Å². The van der Waals surface area contributed by atoms with Gasteiger partial charge in [0.1, 0.15) is 11.4 Å². The summed E-state index contributed by atoms with van der Waals surface area (Å²) in [7, 11) is 0. The zero-order chi connectivity index (χ0) is 14.5. The minimum Gasteiger partial charge on any atom is -0.409 e. The third-order valence-corrected chi connectivity index (χ3v) is 2.54. The molecule has 1 heterocycles. The smallest absolute Gasteiger partial charge is 0.191 e. The van der Waals surface area contributed by atoms with E-state index in [9.17, 15) is 0 Å². The Morgan fingerprint density at radius 3 is 2.15 bits per heavy atom. The molecule has 102 valence electrons. The Balaban J connectivity index is 2.61. The van der Waals surface area contributed by atoms with E-state index in [0.29, 0.717) is 5.69 Å². The molecule has 6 N–H and O–H groups in total. The Hall–Kier alpha value is -3.16. The number of nitrogens with zero attached hydrogens (tertiary/aromatic N) is 4. The van der Waals surface area contributed by atoms with Gasteiger partial charge in [-0.15, -0.1) is 0 Å². The van der Waals surface area contributed by atoms with Crippen LogP contribution in [0.3, 0.4) is 0 Å². The normalized spacial score (nSPS) is 12.4. The molecule has 0 bridgehead atoms. The molecule has 0 amide bonds. The van der Waals surface area contributed by atoms with Crippen LogP contribution in [-0.4, -0.2) is 32.1 Å². The highest BCUT2D eigenvalue weighted by Crippen LogP contribution is 2.17. The van der Waals surface area contributed by atoms with E-state index in [-0.39, 0.29) is 23.1 Å². The van der Waals surface area contributed by atoms with Gasteiger partial charge in [-0.1, -0.05) is 40.6 Å². The lowest BCUT2D eigenvalue weighted by Crippen LogP contribution is -2.25. The standard InChI is InChI=1S/C12H12N6O2/c13-11(17-19)9-10(12(14)18-20)16-8(6-15-9)7-4-2-1-3-5-7/h1-6,19-20H,(H2,13,17)(H2,14,18). The van der Waals surface area contributed by atoms with Crippen molar-refractivity contribution in [1.29, 1.82) is 0 Å². The number of hydrogen-bond donors (Lipinski definition) is 4. The average Bonchev–Trinajstić information content (AvgIpc) is 2.53. The fraction of sp³-hybridized carbons (Fsp3) is 0. The minimum atomic E-state index is -0.281. The van der Waals surface area contributed by atoms with Gasteiger partial charge < -0.3 is 21.9 Å². The zero-order valence-electron chi connectivity index (χ0n) is 10.3. The number of amidine groups is 2. The van der Waals surface area contributed by atoms with Crippen LogP contribution in [0.15, 0.2) is 46.8 Å². The molecular weight excluding hydrogens is 260 g/mol. The first-order valence-electron chi connectivity index (χ1n) is 5.55. The van der Waals surface area contributed by atoms with Crippen LogP contribution in [0.2, 0.25) is 0 Å².